The van der Waals surface area contributed by atoms with E-state index in [9.17, 15) is 13.2 Å². The highest BCUT2D eigenvalue weighted by Crippen LogP contribution is 2.19. The summed E-state index contributed by atoms with van der Waals surface area (Å²) in [6, 6.07) is 1.48. The predicted octanol–water partition coefficient (Wildman–Crippen LogP) is 1.33. The van der Waals surface area contributed by atoms with Crippen molar-refractivity contribution in [3.05, 3.63) is 22.8 Å². The van der Waals surface area contributed by atoms with E-state index in [4.69, 9.17) is 11.6 Å². The first-order valence-electron chi connectivity index (χ1n) is 5.89. The summed E-state index contributed by atoms with van der Waals surface area (Å²) in [7, 11) is -1.60. The van der Waals surface area contributed by atoms with Gasteiger partial charge in [0.05, 0.1) is 15.3 Å². The zero-order valence-corrected chi connectivity index (χ0v) is 13.4. The normalized spacial score (nSPS) is 12.1. The van der Waals surface area contributed by atoms with Gasteiger partial charge in [0.15, 0.2) is 9.84 Å². The van der Waals surface area contributed by atoms with Crippen LogP contribution in [0, 0.1) is 0 Å². The van der Waals surface area contributed by atoms with Crippen LogP contribution in [-0.2, 0) is 9.84 Å². The number of aromatic nitrogens is 1. The number of halogens is 1. The summed E-state index contributed by atoms with van der Waals surface area (Å²) in [6.07, 6.45) is 2.51. The molecular formula is C12H18ClN3O3S. The Morgan fingerprint density at radius 1 is 1.45 bits per heavy atom. The lowest BCUT2D eigenvalue weighted by Crippen LogP contribution is -2.43. The molecule has 0 radical (unpaired) electrons. The third kappa shape index (κ3) is 3.83. The van der Waals surface area contributed by atoms with E-state index in [-0.39, 0.29) is 12.1 Å². The van der Waals surface area contributed by atoms with Crippen LogP contribution in [0.25, 0.3) is 0 Å². The topological polar surface area (TPSA) is 88.2 Å². The number of nitrogens with zero attached hydrogens (tertiary/aromatic N) is 1. The fourth-order valence-electron chi connectivity index (χ4n) is 1.27. The van der Waals surface area contributed by atoms with Crippen molar-refractivity contribution in [1.29, 1.82) is 0 Å². The standard InChI is InChI=1S/C12H18ClN3O3S/c1-12(2,20(4,18)19)7-16-11(17)8-5-9(13)10(14-3)15-6-8/h5-6H,7H2,1-4H3,(H,14,15)(H,16,17). The van der Waals surface area contributed by atoms with Gasteiger partial charge in [-0.05, 0) is 19.9 Å². The molecule has 0 bridgehead atoms. The van der Waals surface area contributed by atoms with Crippen molar-refractivity contribution < 1.29 is 13.2 Å². The van der Waals surface area contributed by atoms with Crippen LogP contribution in [0.2, 0.25) is 5.02 Å². The van der Waals surface area contributed by atoms with Gasteiger partial charge in [-0.3, -0.25) is 4.79 Å². The van der Waals surface area contributed by atoms with Crippen LogP contribution in [0.15, 0.2) is 12.3 Å². The molecular weight excluding hydrogens is 302 g/mol. The van der Waals surface area contributed by atoms with E-state index in [1.165, 1.54) is 12.3 Å². The zero-order chi connectivity index (χ0) is 15.6. The SMILES string of the molecule is CNc1ncc(C(=O)NCC(C)(C)S(C)(=O)=O)cc1Cl. The molecule has 0 aliphatic rings. The van der Waals surface area contributed by atoms with Crippen LogP contribution in [0.3, 0.4) is 0 Å². The van der Waals surface area contributed by atoms with E-state index in [1.807, 2.05) is 0 Å². The Hall–Kier alpha value is -1.34. The number of hydrogen-bond acceptors (Lipinski definition) is 5. The highest BCUT2D eigenvalue weighted by molar-refractivity contribution is 7.92. The Labute approximate surface area is 123 Å². The van der Waals surface area contributed by atoms with Crippen LogP contribution in [0.4, 0.5) is 5.82 Å². The lowest BCUT2D eigenvalue weighted by atomic mass is 10.2. The Morgan fingerprint density at radius 3 is 2.50 bits per heavy atom. The molecule has 0 unspecified atom stereocenters. The van der Waals surface area contributed by atoms with Gasteiger partial charge in [0.25, 0.3) is 5.91 Å². The molecule has 20 heavy (non-hydrogen) atoms. The molecule has 1 aromatic heterocycles. The first kappa shape index (κ1) is 16.7. The van der Waals surface area contributed by atoms with Crippen LogP contribution in [0.1, 0.15) is 24.2 Å². The van der Waals surface area contributed by atoms with Crippen LogP contribution in [0.5, 0.6) is 0 Å². The van der Waals surface area contributed by atoms with Gasteiger partial charge in [-0.25, -0.2) is 13.4 Å². The minimum atomic E-state index is -3.27. The summed E-state index contributed by atoms with van der Waals surface area (Å²) in [6.45, 7) is 3.12. The number of rotatable bonds is 5. The van der Waals surface area contributed by atoms with E-state index in [1.54, 1.807) is 20.9 Å². The van der Waals surface area contributed by atoms with Gasteiger partial charge in [-0.1, -0.05) is 11.6 Å². The molecule has 0 atom stereocenters. The smallest absolute Gasteiger partial charge is 0.252 e. The summed E-state index contributed by atoms with van der Waals surface area (Å²) in [5, 5.41) is 5.68. The second-order valence-corrected chi connectivity index (χ2v) is 8.08. The first-order valence-corrected chi connectivity index (χ1v) is 8.16. The van der Waals surface area contributed by atoms with Crippen molar-refractivity contribution in [3.63, 3.8) is 0 Å². The van der Waals surface area contributed by atoms with E-state index >= 15 is 0 Å². The minimum Gasteiger partial charge on any atom is -0.372 e. The van der Waals surface area contributed by atoms with Gasteiger partial charge in [0.1, 0.15) is 5.82 Å². The van der Waals surface area contributed by atoms with Gasteiger partial charge in [-0.15, -0.1) is 0 Å². The van der Waals surface area contributed by atoms with Crippen molar-refractivity contribution >= 4 is 33.2 Å². The number of amides is 1. The summed E-state index contributed by atoms with van der Waals surface area (Å²) in [4.78, 5) is 15.9. The van der Waals surface area contributed by atoms with Crippen LogP contribution >= 0.6 is 11.6 Å². The fraction of sp³-hybridized carbons (Fsp3) is 0.500. The Bertz CT molecular complexity index is 614. The molecule has 1 amide bonds. The molecule has 0 saturated heterocycles. The van der Waals surface area contributed by atoms with E-state index in [2.05, 4.69) is 15.6 Å². The molecule has 0 saturated carbocycles. The number of nitrogens with one attached hydrogen (secondary N) is 2. The third-order valence-electron chi connectivity index (χ3n) is 3.02. The monoisotopic (exact) mass is 319 g/mol. The van der Waals surface area contributed by atoms with Crippen molar-refractivity contribution in [2.45, 2.75) is 18.6 Å². The number of sulfone groups is 1. The van der Waals surface area contributed by atoms with Crippen molar-refractivity contribution in [2.24, 2.45) is 0 Å². The summed E-state index contributed by atoms with van der Waals surface area (Å²) in [5.74, 6) is 0.0541. The number of hydrogen-bond donors (Lipinski definition) is 2. The zero-order valence-electron chi connectivity index (χ0n) is 11.8. The molecule has 1 aromatic rings. The maximum atomic E-state index is 11.9. The molecule has 8 heteroatoms. The lowest BCUT2D eigenvalue weighted by Gasteiger charge is -2.22. The average molecular weight is 320 g/mol. The molecule has 0 aliphatic carbocycles. The van der Waals surface area contributed by atoms with Crippen LogP contribution in [-0.4, -0.2) is 43.9 Å². The van der Waals surface area contributed by atoms with Gasteiger partial charge >= 0.3 is 0 Å². The van der Waals surface area contributed by atoms with Crippen molar-refractivity contribution in [2.75, 3.05) is 25.2 Å². The maximum absolute atomic E-state index is 11.9. The maximum Gasteiger partial charge on any atom is 0.252 e. The number of carbonyl (C=O) groups excluding carboxylic acids is 1. The van der Waals surface area contributed by atoms with Gasteiger partial charge in [-0.2, -0.15) is 0 Å². The molecule has 1 heterocycles. The molecule has 0 aromatic carbocycles. The van der Waals surface area contributed by atoms with E-state index < -0.39 is 20.5 Å². The third-order valence-corrected chi connectivity index (χ3v) is 5.46. The molecule has 0 fully saturated rings. The van der Waals surface area contributed by atoms with Crippen molar-refractivity contribution in [3.8, 4) is 0 Å². The van der Waals surface area contributed by atoms with E-state index in [0.29, 0.717) is 10.8 Å². The number of anilines is 1. The summed E-state index contributed by atoms with van der Waals surface area (Å²) >= 11 is 5.94. The van der Waals surface area contributed by atoms with Gasteiger partial charge in [0.2, 0.25) is 0 Å². The molecule has 6 nitrogen and oxygen atoms in total. The highest BCUT2D eigenvalue weighted by atomic mass is 35.5. The Morgan fingerprint density at radius 2 is 2.05 bits per heavy atom. The second-order valence-electron chi connectivity index (χ2n) is 5.02. The summed E-state index contributed by atoms with van der Waals surface area (Å²) < 4.78 is 22.1. The lowest BCUT2D eigenvalue weighted by molar-refractivity contribution is 0.0950. The number of carbonyl (C=O) groups is 1. The molecule has 1 rings (SSSR count). The van der Waals surface area contributed by atoms with Crippen molar-refractivity contribution in [1.82, 2.24) is 10.3 Å². The number of pyridine rings is 1. The largest absolute Gasteiger partial charge is 0.372 e. The van der Waals surface area contributed by atoms with Crippen LogP contribution < -0.4 is 10.6 Å². The minimum absolute atomic E-state index is 0.00999. The fourth-order valence-corrected chi connectivity index (χ4v) is 1.87. The Balaban J connectivity index is 2.81. The summed E-state index contributed by atoms with van der Waals surface area (Å²) in [5.41, 5.74) is 0.276. The molecule has 112 valence electrons. The second kappa shape index (κ2) is 5.97. The highest BCUT2D eigenvalue weighted by Gasteiger charge is 2.30. The molecule has 2 N–H and O–H groups in total. The Kier molecular flexibility index (Phi) is 4.99. The van der Waals surface area contributed by atoms with E-state index in [0.717, 1.165) is 6.26 Å². The quantitative estimate of drug-likeness (QED) is 0.854. The van der Waals surface area contributed by atoms with Gasteiger partial charge < -0.3 is 10.6 Å². The first-order chi connectivity index (χ1) is 9.08. The predicted molar refractivity (Wildman–Crippen MR) is 80.0 cm³/mol. The molecule has 0 aliphatic heterocycles. The average Bonchev–Trinajstić information content (AvgIpc) is 2.34. The molecule has 0 spiro atoms. The van der Waals surface area contributed by atoms with Gasteiger partial charge in [0, 0.05) is 26.0 Å².